The molecule has 0 saturated carbocycles. The zero-order valence-corrected chi connectivity index (χ0v) is 9.81. The van der Waals surface area contributed by atoms with E-state index in [1.807, 2.05) is 18.2 Å². The molecule has 0 amide bonds. The fourth-order valence-corrected chi connectivity index (χ4v) is 2.12. The highest BCUT2D eigenvalue weighted by atomic mass is 16.3. The van der Waals surface area contributed by atoms with Gasteiger partial charge in [0.1, 0.15) is 11.3 Å². The monoisotopic (exact) mass is 222 g/mol. The standard InChI is InChI=1S/C16H14O/c1-12-6-2-3-7-13(12)10-15-11-14-8-4-5-9-16(14)17-15/h2-9,11H,10H2,1H3. The molecule has 1 heterocycles. The molecule has 0 bridgehead atoms. The summed E-state index contributed by atoms with van der Waals surface area (Å²) in [5, 5.41) is 1.18. The van der Waals surface area contributed by atoms with Crippen LogP contribution in [0, 0.1) is 6.92 Å². The van der Waals surface area contributed by atoms with Crippen LogP contribution in [0.4, 0.5) is 0 Å². The average Bonchev–Trinajstić information content (AvgIpc) is 2.74. The van der Waals surface area contributed by atoms with Gasteiger partial charge in [-0.25, -0.2) is 0 Å². The van der Waals surface area contributed by atoms with E-state index in [2.05, 4.69) is 43.3 Å². The molecule has 0 aliphatic heterocycles. The van der Waals surface area contributed by atoms with Crippen LogP contribution in [0.2, 0.25) is 0 Å². The molecule has 0 spiro atoms. The highest BCUT2D eigenvalue weighted by molar-refractivity contribution is 5.77. The van der Waals surface area contributed by atoms with Gasteiger partial charge in [-0.05, 0) is 30.2 Å². The number of aryl methyl sites for hydroxylation is 1. The van der Waals surface area contributed by atoms with Gasteiger partial charge in [0.2, 0.25) is 0 Å². The Labute approximate surface area is 101 Å². The number of fused-ring (bicyclic) bond motifs is 1. The summed E-state index contributed by atoms with van der Waals surface area (Å²) in [6, 6.07) is 18.7. The number of hydrogen-bond acceptors (Lipinski definition) is 1. The Balaban J connectivity index is 1.98. The number of rotatable bonds is 2. The van der Waals surface area contributed by atoms with Crippen molar-refractivity contribution in [3.8, 4) is 0 Å². The molecule has 3 aromatic rings. The van der Waals surface area contributed by atoms with Crippen LogP contribution in [0.5, 0.6) is 0 Å². The molecule has 84 valence electrons. The van der Waals surface area contributed by atoms with Crippen LogP contribution in [0.1, 0.15) is 16.9 Å². The third-order valence-corrected chi connectivity index (χ3v) is 3.10. The Hall–Kier alpha value is -2.02. The van der Waals surface area contributed by atoms with E-state index in [0.717, 1.165) is 17.8 Å². The summed E-state index contributed by atoms with van der Waals surface area (Å²) in [5.41, 5.74) is 3.61. The second-order valence-electron chi connectivity index (χ2n) is 4.35. The first-order valence-electron chi connectivity index (χ1n) is 5.85. The summed E-state index contributed by atoms with van der Waals surface area (Å²) in [6.45, 7) is 2.14. The minimum absolute atomic E-state index is 0.862. The molecule has 1 heteroatoms. The molecule has 0 radical (unpaired) electrons. The minimum atomic E-state index is 0.862. The lowest BCUT2D eigenvalue weighted by Crippen LogP contribution is -1.88. The van der Waals surface area contributed by atoms with Crippen LogP contribution in [-0.2, 0) is 6.42 Å². The molecule has 1 aromatic heterocycles. The molecular weight excluding hydrogens is 208 g/mol. The quantitative estimate of drug-likeness (QED) is 0.629. The van der Waals surface area contributed by atoms with E-state index in [1.54, 1.807) is 0 Å². The zero-order valence-electron chi connectivity index (χ0n) is 9.81. The van der Waals surface area contributed by atoms with Crippen molar-refractivity contribution in [2.45, 2.75) is 13.3 Å². The van der Waals surface area contributed by atoms with Gasteiger partial charge in [0, 0.05) is 11.8 Å². The number of benzene rings is 2. The molecule has 3 rings (SSSR count). The highest BCUT2D eigenvalue weighted by Gasteiger charge is 2.05. The van der Waals surface area contributed by atoms with Crippen molar-refractivity contribution in [2.24, 2.45) is 0 Å². The Morgan fingerprint density at radius 2 is 1.71 bits per heavy atom. The average molecular weight is 222 g/mol. The first-order chi connectivity index (χ1) is 8.33. The Bertz CT molecular complexity index is 616. The fraction of sp³-hybridized carbons (Fsp3) is 0.125. The number of hydrogen-bond donors (Lipinski definition) is 0. The van der Waals surface area contributed by atoms with Crippen LogP contribution in [0.3, 0.4) is 0 Å². The van der Waals surface area contributed by atoms with Crippen molar-refractivity contribution in [1.29, 1.82) is 0 Å². The maximum Gasteiger partial charge on any atom is 0.134 e. The predicted molar refractivity (Wildman–Crippen MR) is 70.2 cm³/mol. The van der Waals surface area contributed by atoms with Gasteiger partial charge in [-0.1, -0.05) is 42.5 Å². The lowest BCUT2D eigenvalue weighted by atomic mass is 10.0. The maximum absolute atomic E-state index is 5.83. The lowest BCUT2D eigenvalue weighted by Gasteiger charge is -2.02. The normalized spacial score (nSPS) is 10.9. The minimum Gasteiger partial charge on any atom is -0.461 e. The molecule has 0 aliphatic rings. The lowest BCUT2D eigenvalue weighted by molar-refractivity contribution is 0.562. The molecule has 0 unspecified atom stereocenters. The maximum atomic E-state index is 5.83. The molecule has 0 aliphatic carbocycles. The molecule has 0 saturated heterocycles. The summed E-state index contributed by atoms with van der Waals surface area (Å²) in [7, 11) is 0. The van der Waals surface area contributed by atoms with Gasteiger partial charge in [0.15, 0.2) is 0 Å². The van der Waals surface area contributed by atoms with E-state index < -0.39 is 0 Å². The summed E-state index contributed by atoms with van der Waals surface area (Å²) in [5.74, 6) is 1.03. The summed E-state index contributed by atoms with van der Waals surface area (Å²) in [4.78, 5) is 0. The number of furan rings is 1. The smallest absolute Gasteiger partial charge is 0.134 e. The van der Waals surface area contributed by atoms with Gasteiger partial charge < -0.3 is 4.42 Å². The van der Waals surface area contributed by atoms with Crippen molar-refractivity contribution < 1.29 is 4.42 Å². The summed E-state index contributed by atoms with van der Waals surface area (Å²) < 4.78 is 5.83. The first-order valence-corrected chi connectivity index (χ1v) is 5.85. The van der Waals surface area contributed by atoms with Crippen LogP contribution in [-0.4, -0.2) is 0 Å². The first kappa shape index (κ1) is 10.2. The van der Waals surface area contributed by atoms with E-state index in [-0.39, 0.29) is 0 Å². The van der Waals surface area contributed by atoms with E-state index in [4.69, 9.17) is 4.42 Å². The topological polar surface area (TPSA) is 13.1 Å². The van der Waals surface area contributed by atoms with E-state index >= 15 is 0 Å². The molecular formula is C16H14O. The van der Waals surface area contributed by atoms with Crippen molar-refractivity contribution in [2.75, 3.05) is 0 Å². The third-order valence-electron chi connectivity index (χ3n) is 3.10. The fourth-order valence-electron chi connectivity index (χ4n) is 2.12. The molecule has 0 atom stereocenters. The largest absolute Gasteiger partial charge is 0.461 e. The van der Waals surface area contributed by atoms with Gasteiger partial charge in [0.25, 0.3) is 0 Å². The number of para-hydroxylation sites is 1. The van der Waals surface area contributed by atoms with Gasteiger partial charge >= 0.3 is 0 Å². The van der Waals surface area contributed by atoms with Crippen LogP contribution < -0.4 is 0 Å². The summed E-state index contributed by atoms with van der Waals surface area (Å²) in [6.07, 6.45) is 0.862. The zero-order chi connectivity index (χ0) is 11.7. The van der Waals surface area contributed by atoms with Crippen LogP contribution >= 0.6 is 0 Å². The van der Waals surface area contributed by atoms with Crippen molar-refractivity contribution >= 4 is 11.0 Å². The van der Waals surface area contributed by atoms with Crippen molar-refractivity contribution in [1.82, 2.24) is 0 Å². The van der Waals surface area contributed by atoms with E-state index in [0.29, 0.717) is 0 Å². The van der Waals surface area contributed by atoms with E-state index in [9.17, 15) is 0 Å². The second kappa shape index (κ2) is 4.10. The highest BCUT2D eigenvalue weighted by Crippen LogP contribution is 2.22. The Morgan fingerprint density at radius 1 is 0.941 bits per heavy atom. The van der Waals surface area contributed by atoms with Crippen molar-refractivity contribution in [3.63, 3.8) is 0 Å². The van der Waals surface area contributed by atoms with Crippen molar-refractivity contribution in [3.05, 3.63) is 71.5 Å². The summed E-state index contributed by atoms with van der Waals surface area (Å²) >= 11 is 0. The molecule has 2 aromatic carbocycles. The Kier molecular flexibility index (Phi) is 2.45. The molecule has 0 N–H and O–H groups in total. The Morgan fingerprint density at radius 3 is 2.53 bits per heavy atom. The SMILES string of the molecule is Cc1ccccc1Cc1cc2ccccc2o1. The second-order valence-corrected chi connectivity index (χ2v) is 4.35. The molecule has 1 nitrogen and oxygen atoms in total. The van der Waals surface area contributed by atoms with E-state index in [1.165, 1.54) is 16.5 Å². The van der Waals surface area contributed by atoms with Crippen LogP contribution in [0.25, 0.3) is 11.0 Å². The third kappa shape index (κ3) is 1.96. The van der Waals surface area contributed by atoms with Gasteiger partial charge in [-0.15, -0.1) is 0 Å². The van der Waals surface area contributed by atoms with Crippen LogP contribution in [0.15, 0.2) is 59.0 Å². The van der Waals surface area contributed by atoms with Gasteiger partial charge in [-0.3, -0.25) is 0 Å². The predicted octanol–water partition coefficient (Wildman–Crippen LogP) is 4.33. The van der Waals surface area contributed by atoms with Gasteiger partial charge in [0.05, 0.1) is 0 Å². The molecule has 17 heavy (non-hydrogen) atoms. The molecule has 0 fully saturated rings. The van der Waals surface area contributed by atoms with Gasteiger partial charge in [-0.2, -0.15) is 0 Å².